The molecule has 2 N–H and O–H groups in total. The standard InChI is InChI=1S/C29H28N2O5/c1-31-18-21(22-7-5-6-8-24(22)31)12-14-28(33)30-23-13-11-19(15-25(23)32)9-10-20-16-26(34-2)29(36-4)27(17-20)35-3/h5-18,32H,1-4H3,(H,30,33)/b10-9?,14-12+. The molecule has 4 aromatic rings. The van der Waals surface area contributed by atoms with Gasteiger partial charge in [0.2, 0.25) is 11.7 Å². The highest BCUT2D eigenvalue weighted by Crippen LogP contribution is 2.38. The number of aromatic nitrogens is 1. The topological polar surface area (TPSA) is 82.0 Å². The molecule has 0 unspecified atom stereocenters. The molecule has 1 amide bonds. The number of nitrogens with one attached hydrogen (secondary N) is 1. The lowest BCUT2D eigenvalue weighted by molar-refractivity contribution is -0.111. The Bertz CT molecular complexity index is 1440. The first-order valence-corrected chi connectivity index (χ1v) is 11.3. The van der Waals surface area contributed by atoms with Crippen LogP contribution in [0.4, 0.5) is 5.69 Å². The number of hydrogen-bond acceptors (Lipinski definition) is 5. The number of carbonyl (C=O) groups excluding carboxylic acids is 1. The Hall–Kier alpha value is -4.65. The van der Waals surface area contributed by atoms with Gasteiger partial charge in [0.15, 0.2) is 11.5 Å². The first-order valence-electron chi connectivity index (χ1n) is 11.3. The highest BCUT2D eigenvalue weighted by atomic mass is 16.5. The van der Waals surface area contributed by atoms with Crippen LogP contribution < -0.4 is 19.5 Å². The van der Waals surface area contributed by atoms with Gasteiger partial charge in [-0.1, -0.05) is 36.4 Å². The molecule has 0 aliphatic heterocycles. The van der Waals surface area contributed by atoms with Gasteiger partial charge >= 0.3 is 0 Å². The molecular formula is C29H28N2O5. The number of phenols is 1. The fraction of sp³-hybridized carbons (Fsp3) is 0.138. The van der Waals surface area contributed by atoms with Crippen molar-refractivity contribution in [1.82, 2.24) is 4.57 Å². The zero-order valence-corrected chi connectivity index (χ0v) is 20.6. The molecule has 0 aliphatic rings. The average molecular weight is 485 g/mol. The molecule has 7 nitrogen and oxygen atoms in total. The fourth-order valence-corrected chi connectivity index (χ4v) is 3.99. The summed E-state index contributed by atoms with van der Waals surface area (Å²) in [5.41, 5.74) is 3.95. The molecule has 0 saturated carbocycles. The van der Waals surface area contributed by atoms with Crippen LogP contribution in [0.2, 0.25) is 0 Å². The number of methoxy groups -OCH3 is 3. The van der Waals surface area contributed by atoms with E-state index in [4.69, 9.17) is 14.2 Å². The molecule has 0 spiro atoms. The summed E-state index contributed by atoms with van der Waals surface area (Å²) in [6.45, 7) is 0. The Labute approximate surface area is 209 Å². The predicted octanol–water partition coefficient (Wildman–Crippen LogP) is 5.73. The van der Waals surface area contributed by atoms with Crippen LogP contribution in [0.5, 0.6) is 23.0 Å². The Kier molecular flexibility index (Phi) is 7.30. The van der Waals surface area contributed by atoms with E-state index in [1.807, 2.05) is 66.4 Å². The first kappa shape index (κ1) is 24.5. The van der Waals surface area contributed by atoms with Crippen molar-refractivity contribution in [3.8, 4) is 23.0 Å². The molecular weight excluding hydrogens is 456 g/mol. The van der Waals surface area contributed by atoms with Gasteiger partial charge in [-0.25, -0.2) is 0 Å². The SMILES string of the molecule is COc1cc(C=Cc2ccc(NC(=O)/C=C/c3cn(C)c4ccccc34)c(O)c2)cc(OC)c1OC. The van der Waals surface area contributed by atoms with Crippen molar-refractivity contribution in [2.24, 2.45) is 7.05 Å². The van der Waals surface area contributed by atoms with E-state index < -0.39 is 0 Å². The number of aryl methyl sites for hydroxylation is 1. The van der Waals surface area contributed by atoms with Crippen LogP contribution in [0.1, 0.15) is 16.7 Å². The number of phenolic OH excluding ortho intramolecular Hbond substituents is 1. The molecule has 1 heterocycles. The highest BCUT2D eigenvalue weighted by molar-refractivity contribution is 6.04. The van der Waals surface area contributed by atoms with Crippen LogP contribution in [-0.4, -0.2) is 36.9 Å². The Morgan fingerprint density at radius 3 is 2.25 bits per heavy atom. The summed E-state index contributed by atoms with van der Waals surface area (Å²) >= 11 is 0. The molecule has 36 heavy (non-hydrogen) atoms. The van der Waals surface area contributed by atoms with Gasteiger partial charge < -0.3 is 29.2 Å². The average Bonchev–Trinajstić information content (AvgIpc) is 3.22. The van der Waals surface area contributed by atoms with Gasteiger partial charge in [-0.05, 0) is 47.5 Å². The maximum Gasteiger partial charge on any atom is 0.248 e. The number of amides is 1. The largest absolute Gasteiger partial charge is 0.506 e. The van der Waals surface area contributed by atoms with Gasteiger partial charge in [-0.15, -0.1) is 0 Å². The van der Waals surface area contributed by atoms with E-state index >= 15 is 0 Å². The van der Waals surface area contributed by atoms with Crippen LogP contribution in [-0.2, 0) is 11.8 Å². The minimum Gasteiger partial charge on any atom is -0.506 e. The second-order valence-corrected chi connectivity index (χ2v) is 8.10. The summed E-state index contributed by atoms with van der Waals surface area (Å²) in [6.07, 6.45) is 8.90. The summed E-state index contributed by atoms with van der Waals surface area (Å²) in [7, 11) is 6.65. The monoisotopic (exact) mass is 484 g/mol. The molecule has 4 rings (SSSR count). The van der Waals surface area contributed by atoms with E-state index in [9.17, 15) is 9.90 Å². The smallest absolute Gasteiger partial charge is 0.248 e. The van der Waals surface area contributed by atoms with Crippen LogP contribution in [0, 0.1) is 0 Å². The van der Waals surface area contributed by atoms with Gasteiger partial charge in [-0.3, -0.25) is 4.79 Å². The molecule has 0 radical (unpaired) electrons. The molecule has 184 valence electrons. The van der Waals surface area contributed by atoms with Crippen molar-refractivity contribution in [2.75, 3.05) is 26.6 Å². The molecule has 3 aromatic carbocycles. The van der Waals surface area contributed by atoms with Crippen LogP contribution in [0.3, 0.4) is 0 Å². The van der Waals surface area contributed by atoms with E-state index in [-0.39, 0.29) is 11.7 Å². The Balaban J connectivity index is 1.47. The minimum atomic E-state index is -0.334. The number of para-hydroxylation sites is 1. The van der Waals surface area contributed by atoms with Crippen molar-refractivity contribution < 1.29 is 24.1 Å². The second-order valence-electron chi connectivity index (χ2n) is 8.10. The number of benzene rings is 3. The fourth-order valence-electron chi connectivity index (χ4n) is 3.99. The normalized spacial score (nSPS) is 11.3. The summed E-state index contributed by atoms with van der Waals surface area (Å²) in [6, 6.07) is 16.7. The third-order valence-electron chi connectivity index (χ3n) is 5.78. The van der Waals surface area contributed by atoms with Crippen molar-refractivity contribution in [3.63, 3.8) is 0 Å². The minimum absolute atomic E-state index is 0.0334. The molecule has 1 aromatic heterocycles. The number of ether oxygens (including phenoxy) is 3. The number of nitrogens with zero attached hydrogens (tertiary/aromatic N) is 1. The number of anilines is 1. The molecule has 0 aliphatic carbocycles. The lowest BCUT2D eigenvalue weighted by atomic mass is 10.1. The van der Waals surface area contributed by atoms with Gasteiger partial charge in [0.1, 0.15) is 5.75 Å². The zero-order chi connectivity index (χ0) is 25.7. The second kappa shape index (κ2) is 10.7. The molecule has 0 saturated heterocycles. The maximum absolute atomic E-state index is 12.5. The summed E-state index contributed by atoms with van der Waals surface area (Å²) in [4.78, 5) is 12.5. The third kappa shape index (κ3) is 5.20. The van der Waals surface area contributed by atoms with E-state index in [0.717, 1.165) is 27.6 Å². The Morgan fingerprint density at radius 2 is 1.58 bits per heavy atom. The van der Waals surface area contributed by atoms with E-state index in [2.05, 4.69) is 5.32 Å². The molecule has 0 fully saturated rings. The number of fused-ring (bicyclic) bond motifs is 1. The highest BCUT2D eigenvalue weighted by Gasteiger charge is 2.12. The lowest BCUT2D eigenvalue weighted by Gasteiger charge is -2.12. The van der Waals surface area contributed by atoms with E-state index in [1.54, 1.807) is 45.6 Å². The van der Waals surface area contributed by atoms with Gasteiger partial charge in [0, 0.05) is 35.8 Å². The maximum atomic E-state index is 12.5. The molecule has 0 bridgehead atoms. The van der Waals surface area contributed by atoms with Gasteiger partial charge in [0.05, 0.1) is 27.0 Å². The lowest BCUT2D eigenvalue weighted by Crippen LogP contribution is -2.07. The number of aromatic hydroxyl groups is 1. The molecule has 7 heteroatoms. The summed E-state index contributed by atoms with van der Waals surface area (Å²) < 4.78 is 18.1. The van der Waals surface area contributed by atoms with Crippen molar-refractivity contribution >= 4 is 40.7 Å². The first-order chi connectivity index (χ1) is 17.4. The van der Waals surface area contributed by atoms with Crippen LogP contribution in [0.25, 0.3) is 29.1 Å². The number of carbonyl (C=O) groups is 1. The number of rotatable bonds is 8. The van der Waals surface area contributed by atoms with Crippen molar-refractivity contribution in [1.29, 1.82) is 0 Å². The van der Waals surface area contributed by atoms with Crippen LogP contribution >= 0.6 is 0 Å². The third-order valence-corrected chi connectivity index (χ3v) is 5.78. The quantitative estimate of drug-likeness (QED) is 0.190. The predicted molar refractivity (Wildman–Crippen MR) is 144 cm³/mol. The summed E-state index contributed by atoms with van der Waals surface area (Å²) in [5, 5.41) is 14.3. The van der Waals surface area contributed by atoms with Crippen LogP contribution in [0.15, 0.2) is 66.9 Å². The van der Waals surface area contributed by atoms with Gasteiger partial charge in [-0.2, -0.15) is 0 Å². The van der Waals surface area contributed by atoms with Crippen molar-refractivity contribution in [2.45, 2.75) is 0 Å². The van der Waals surface area contributed by atoms with E-state index in [1.165, 1.54) is 6.08 Å². The molecule has 0 atom stereocenters. The number of hydrogen-bond donors (Lipinski definition) is 2. The van der Waals surface area contributed by atoms with Gasteiger partial charge in [0.25, 0.3) is 0 Å². The Morgan fingerprint density at radius 1 is 0.889 bits per heavy atom. The van der Waals surface area contributed by atoms with E-state index in [0.29, 0.717) is 22.9 Å². The summed E-state index contributed by atoms with van der Waals surface area (Å²) in [5.74, 6) is 1.25. The van der Waals surface area contributed by atoms with Crippen molar-refractivity contribution in [3.05, 3.63) is 83.6 Å². The zero-order valence-electron chi connectivity index (χ0n) is 20.6.